The summed E-state index contributed by atoms with van der Waals surface area (Å²) in [5.41, 5.74) is 0.364. The summed E-state index contributed by atoms with van der Waals surface area (Å²) >= 11 is 0. The number of allylic oxidation sites excluding steroid dienone is 3. The Labute approximate surface area is 83.4 Å². The van der Waals surface area contributed by atoms with E-state index in [0.717, 1.165) is 0 Å². The first-order valence-electron chi connectivity index (χ1n) is 4.54. The summed E-state index contributed by atoms with van der Waals surface area (Å²) in [6.45, 7) is 5.71. The molecule has 0 unspecified atom stereocenters. The first-order valence-corrected chi connectivity index (χ1v) is 4.54. The van der Waals surface area contributed by atoms with Gasteiger partial charge in [-0.2, -0.15) is 0 Å². The average molecular weight is 194 g/mol. The van der Waals surface area contributed by atoms with Gasteiger partial charge in [0.2, 0.25) is 0 Å². The highest BCUT2D eigenvalue weighted by Gasteiger charge is 2.32. The molecule has 1 atom stereocenters. The summed E-state index contributed by atoms with van der Waals surface area (Å²) in [6, 6.07) is 0. The number of carbonyl (C=O) groups is 1. The second kappa shape index (κ2) is 4.65. The molecule has 0 aliphatic carbocycles. The molecule has 1 fully saturated rings. The zero-order chi connectivity index (χ0) is 10.6. The number of esters is 1. The van der Waals surface area contributed by atoms with Gasteiger partial charge in [-0.05, 0) is 19.4 Å². The molecule has 0 radical (unpaired) electrons. The van der Waals surface area contributed by atoms with Crippen molar-refractivity contribution in [3.8, 4) is 0 Å². The monoisotopic (exact) mass is 194 g/mol. The molecule has 0 bridgehead atoms. The highest BCUT2D eigenvalue weighted by Crippen LogP contribution is 2.27. The molecule has 1 heterocycles. The quantitative estimate of drug-likeness (QED) is 0.324. The lowest BCUT2D eigenvalue weighted by atomic mass is 9.97. The molecule has 0 aromatic heterocycles. The van der Waals surface area contributed by atoms with E-state index in [4.69, 9.17) is 4.74 Å². The SMILES string of the molecule is C=CC[C@H]1COC(=O)/C1=C(O)\C=C\C. The van der Waals surface area contributed by atoms with Crippen molar-refractivity contribution in [2.45, 2.75) is 13.3 Å². The summed E-state index contributed by atoms with van der Waals surface area (Å²) in [5.74, 6) is -0.481. The molecule has 14 heavy (non-hydrogen) atoms. The van der Waals surface area contributed by atoms with Crippen LogP contribution in [0, 0.1) is 5.92 Å². The lowest BCUT2D eigenvalue weighted by Crippen LogP contribution is -2.05. The van der Waals surface area contributed by atoms with Gasteiger partial charge in [-0.25, -0.2) is 4.79 Å². The lowest BCUT2D eigenvalue weighted by Gasteiger charge is -2.04. The van der Waals surface area contributed by atoms with Gasteiger partial charge in [0.25, 0.3) is 0 Å². The Morgan fingerprint density at radius 1 is 1.79 bits per heavy atom. The van der Waals surface area contributed by atoms with Crippen molar-refractivity contribution >= 4 is 5.97 Å². The van der Waals surface area contributed by atoms with E-state index in [1.54, 1.807) is 19.1 Å². The Kier molecular flexibility index (Phi) is 3.51. The molecule has 76 valence electrons. The van der Waals surface area contributed by atoms with Crippen LogP contribution in [0.25, 0.3) is 0 Å². The third-order valence-electron chi connectivity index (χ3n) is 2.10. The van der Waals surface area contributed by atoms with E-state index < -0.39 is 5.97 Å². The van der Waals surface area contributed by atoms with Crippen LogP contribution in [0.5, 0.6) is 0 Å². The molecule has 1 rings (SSSR count). The Bertz CT molecular complexity index is 300. The van der Waals surface area contributed by atoms with Crippen molar-refractivity contribution in [1.29, 1.82) is 0 Å². The molecule has 0 saturated carbocycles. The normalized spacial score (nSPS) is 25.2. The molecule has 0 spiro atoms. The van der Waals surface area contributed by atoms with Gasteiger partial charge in [-0.1, -0.05) is 12.2 Å². The van der Waals surface area contributed by atoms with Gasteiger partial charge in [-0.15, -0.1) is 6.58 Å². The largest absolute Gasteiger partial charge is 0.507 e. The number of aliphatic hydroxyl groups is 1. The number of ether oxygens (including phenoxy) is 1. The van der Waals surface area contributed by atoms with Crippen LogP contribution < -0.4 is 0 Å². The number of hydrogen-bond acceptors (Lipinski definition) is 3. The fraction of sp³-hybridized carbons (Fsp3) is 0.364. The maximum absolute atomic E-state index is 11.3. The number of rotatable bonds is 3. The summed E-state index contributed by atoms with van der Waals surface area (Å²) in [6.07, 6.45) is 5.54. The van der Waals surface area contributed by atoms with Gasteiger partial charge in [0, 0.05) is 5.92 Å². The van der Waals surface area contributed by atoms with Crippen LogP contribution in [-0.4, -0.2) is 17.7 Å². The Balaban J connectivity index is 2.96. The highest BCUT2D eigenvalue weighted by molar-refractivity contribution is 5.92. The van der Waals surface area contributed by atoms with Crippen LogP contribution in [0.4, 0.5) is 0 Å². The van der Waals surface area contributed by atoms with Crippen molar-refractivity contribution in [2.75, 3.05) is 6.61 Å². The van der Waals surface area contributed by atoms with Crippen molar-refractivity contribution in [1.82, 2.24) is 0 Å². The molecule has 0 amide bonds. The van der Waals surface area contributed by atoms with E-state index in [2.05, 4.69) is 6.58 Å². The molecule has 1 saturated heterocycles. The van der Waals surface area contributed by atoms with E-state index in [9.17, 15) is 9.90 Å². The van der Waals surface area contributed by atoms with Crippen LogP contribution in [0.3, 0.4) is 0 Å². The second-order valence-corrected chi connectivity index (χ2v) is 3.12. The molecular formula is C11H14O3. The first kappa shape index (κ1) is 10.6. The van der Waals surface area contributed by atoms with Gasteiger partial charge in [-0.3, -0.25) is 0 Å². The third-order valence-corrected chi connectivity index (χ3v) is 2.10. The van der Waals surface area contributed by atoms with Crippen LogP contribution in [0.1, 0.15) is 13.3 Å². The molecular weight excluding hydrogens is 180 g/mol. The van der Waals surface area contributed by atoms with Crippen molar-refractivity contribution in [3.05, 3.63) is 36.1 Å². The molecule has 1 aliphatic rings. The van der Waals surface area contributed by atoms with Crippen LogP contribution in [-0.2, 0) is 9.53 Å². The van der Waals surface area contributed by atoms with E-state index in [1.165, 1.54) is 6.08 Å². The topological polar surface area (TPSA) is 46.5 Å². The van der Waals surface area contributed by atoms with E-state index in [-0.39, 0.29) is 11.7 Å². The fourth-order valence-electron chi connectivity index (χ4n) is 1.45. The van der Waals surface area contributed by atoms with Gasteiger partial charge in [0.05, 0.1) is 12.2 Å². The maximum atomic E-state index is 11.3. The predicted octanol–water partition coefficient (Wildman–Crippen LogP) is 2.12. The minimum atomic E-state index is -0.424. The van der Waals surface area contributed by atoms with E-state index in [1.807, 2.05) is 0 Å². The van der Waals surface area contributed by atoms with Crippen molar-refractivity contribution < 1.29 is 14.6 Å². The molecule has 0 aromatic rings. The Morgan fingerprint density at radius 2 is 2.50 bits per heavy atom. The van der Waals surface area contributed by atoms with Crippen molar-refractivity contribution in [3.63, 3.8) is 0 Å². The van der Waals surface area contributed by atoms with Crippen LogP contribution in [0.2, 0.25) is 0 Å². The average Bonchev–Trinajstić information content (AvgIpc) is 2.48. The highest BCUT2D eigenvalue weighted by atomic mass is 16.5. The number of aliphatic hydroxyl groups excluding tert-OH is 1. The smallest absolute Gasteiger partial charge is 0.338 e. The molecule has 3 heteroatoms. The summed E-state index contributed by atoms with van der Waals surface area (Å²) in [4.78, 5) is 11.3. The van der Waals surface area contributed by atoms with Gasteiger partial charge < -0.3 is 9.84 Å². The van der Waals surface area contributed by atoms with Gasteiger partial charge in [0.15, 0.2) is 0 Å². The van der Waals surface area contributed by atoms with Gasteiger partial charge >= 0.3 is 5.97 Å². The summed E-state index contributed by atoms with van der Waals surface area (Å²) < 4.78 is 4.86. The number of hydrogen-bond donors (Lipinski definition) is 1. The maximum Gasteiger partial charge on any atom is 0.338 e. The molecule has 3 nitrogen and oxygen atoms in total. The van der Waals surface area contributed by atoms with Crippen molar-refractivity contribution in [2.24, 2.45) is 5.92 Å². The molecule has 0 aromatic carbocycles. The van der Waals surface area contributed by atoms with E-state index >= 15 is 0 Å². The van der Waals surface area contributed by atoms with E-state index in [0.29, 0.717) is 18.6 Å². The summed E-state index contributed by atoms with van der Waals surface area (Å²) in [7, 11) is 0. The molecule has 1 N–H and O–H groups in total. The number of carbonyl (C=O) groups excluding carboxylic acids is 1. The first-order chi connectivity index (χ1) is 6.70. The van der Waals surface area contributed by atoms with Crippen LogP contribution in [0.15, 0.2) is 36.1 Å². The van der Waals surface area contributed by atoms with Gasteiger partial charge in [0.1, 0.15) is 5.76 Å². The Hall–Kier alpha value is -1.51. The number of cyclic esters (lactones) is 1. The minimum absolute atomic E-state index is 0.00171. The van der Waals surface area contributed by atoms with Crippen LogP contribution >= 0.6 is 0 Å². The third kappa shape index (κ3) is 2.05. The predicted molar refractivity (Wildman–Crippen MR) is 53.7 cm³/mol. The standard InChI is InChI=1S/C11H14O3/c1-3-5-8-7-14-11(13)10(8)9(12)6-4-2/h3-4,6,8,12H,1,5,7H2,2H3/b6-4+,10-9+/t8-/m0/s1. The minimum Gasteiger partial charge on any atom is -0.507 e. The summed E-state index contributed by atoms with van der Waals surface area (Å²) in [5, 5.41) is 9.57. The molecule has 1 aliphatic heterocycles. The zero-order valence-corrected chi connectivity index (χ0v) is 8.19. The second-order valence-electron chi connectivity index (χ2n) is 3.12. The fourth-order valence-corrected chi connectivity index (χ4v) is 1.45. The zero-order valence-electron chi connectivity index (χ0n) is 8.19. The Morgan fingerprint density at radius 3 is 3.07 bits per heavy atom. The lowest BCUT2D eigenvalue weighted by molar-refractivity contribution is -0.135.